The largest absolute Gasteiger partial charge is 0.433 e. The summed E-state index contributed by atoms with van der Waals surface area (Å²) in [6.07, 6.45) is 0.707. The molecule has 3 rings (SSSR count). The van der Waals surface area contributed by atoms with Gasteiger partial charge in [-0.25, -0.2) is 14.3 Å². The van der Waals surface area contributed by atoms with E-state index in [0.29, 0.717) is 5.56 Å². The fourth-order valence-corrected chi connectivity index (χ4v) is 2.42. The van der Waals surface area contributed by atoms with E-state index in [1.165, 1.54) is 19.2 Å². The first-order chi connectivity index (χ1) is 11.8. The van der Waals surface area contributed by atoms with Crippen LogP contribution in [0.15, 0.2) is 41.2 Å². The Morgan fingerprint density at radius 1 is 1.20 bits per heavy atom. The molecule has 5 nitrogen and oxygen atoms in total. The van der Waals surface area contributed by atoms with Crippen molar-refractivity contribution in [2.75, 3.05) is 12.4 Å². The van der Waals surface area contributed by atoms with E-state index in [-0.39, 0.29) is 22.5 Å². The third kappa shape index (κ3) is 2.92. The summed E-state index contributed by atoms with van der Waals surface area (Å²) in [5.41, 5.74) is -1.27. The molecule has 0 bridgehead atoms. The van der Waals surface area contributed by atoms with Gasteiger partial charge in [0.15, 0.2) is 5.65 Å². The molecule has 0 saturated heterocycles. The minimum absolute atomic E-state index is 0.144. The molecule has 0 aliphatic heterocycles. The number of aromatic nitrogens is 3. The number of nitrogens with zero attached hydrogens (tertiary/aromatic N) is 3. The van der Waals surface area contributed by atoms with Crippen LogP contribution in [0.2, 0.25) is 0 Å². The van der Waals surface area contributed by atoms with Crippen LogP contribution in [0, 0.1) is 12.3 Å². The van der Waals surface area contributed by atoms with Gasteiger partial charge in [0, 0.05) is 12.6 Å². The molecule has 2 heterocycles. The Morgan fingerprint density at radius 2 is 1.96 bits per heavy atom. The molecule has 1 aromatic carbocycles. The SMILES string of the molecule is C#Cc1cccc(-n2c(=O)nc(NC)c3ccc(C(F)(F)F)nc32)c1. The maximum Gasteiger partial charge on any atom is 0.433 e. The lowest BCUT2D eigenvalue weighted by Crippen LogP contribution is -2.24. The number of benzene rings is 1. The lowest BCUT2D eigenvalue weighted by Gasteiger charge is -2.14. The van der Waals surface area contributed by atoms with Crippen LogP contribution in [0.3, 0.4) is 0 Å². The maximum atomic E-state index is 13.0. The molecule has 0 amide bonds. The normalized spacial score (nSPS) is 11.3. The van der Waals surface area contributed by atoms with E-state index in [9.17, 15) is 18.0 Å². The summed E-state index contributed by atoms with van der Waals surface area (Å²) in [7, 11) is 1.52. The second-order valence-corrected chi connectivity index (χ2v) is 5.09. The van der Waals surface area contributed by atoms with Crippen LogP contribution in [0.1, 0.15) is 11.3 Å². The zero-order valence-corrected chi connectivity index (χ0v) is 12.9. The number of terminal acetylenes is 1. The molecule has 0 spiro atoms. The molecule has 0 aliphatic carbocycles. The molecule has 126 valence electrons. The fraction of sp³-hybridized carbons (Fsp3) is 0.118. The molecule has 25 heavy (non-hydrogen) atoms. The summed E-state index contributed by atoms with van der Waals surface area (Å²) in [5, 5.41) is 2.97. The van der Waals surface area contributed by atoms with Gasteiger partial charge in [0.2, 0.25) is 0 Å². The van der Waals surface area contributed by atoms with Gasteiger partial charge in [-0.1, -0.05) is 12.0 Å². The van der Waals surface area contributed by atoms with Crippen molar-refractivity contribution < 1.29 is 13.2 Å². The van der Waals surface area contributed by atoms with E-state index in [0.717, 1.165) is 10.6 Å². The van der Waals surface area contributed by atoms with Gasteiger partial charge in [0.25, 0.3) is 0 Å². The zero-order chi connectivity index (χ0) is 18.2. The van der Waals surface area contributed by atoms with Gasteiger partial charge in [0.1, 0.15) is 11.5 Å². The van der Waals surface area contributed by atoms with E-state index >= 15 is 0 Å². The van der Waals surface area contributed by atoms with E-state index in [2.05, 4.69) is 21.2 Å². The van der Waals surface area contributed by atoms with Crippen molar-refractivity contribution in [2.45, 2.75) is 6.18 Å². The third-order valence-corrected chi connectivity index (χ3v) is 3.54. The van der Waals surface area contributed by atoms with Gasteiger partial charge >= 0.3 is 11.9 Å². The molecule has 0 unspecified atom stereocenters. The first-order valence-corrected chi connectivity index (χ1v) is 7.11. The number of anilines is 1. The molecule has 2 aromatic heterocycles. The van der Waals surface area contributed by atoms with Crippen LogP contribution in [0.4, 0.5) is 19.0 Å². The number of hydrogen-bond donors (Lipinski definition) is 1. The van der Waals surface area contributed by atoms with Crippen molar-refractivity contribution in [1.82, 2.24) is 14.5 Å². The van der Waals surface area contributed by atoms with Crippen molar-refractivity contribution in [2.24, 2.45) is 0 Å². The molecule has 1 N–H and O–H groups in total. The predicted molar refractivity (Wildman–Crippen MR) is 87.6 cm³/mol. The number of rotatable bonds is 2. The highest BCUT2D eigenvalue weighted by molar-refractivity contribution is 5.87. The number of pyridine rings is 1. The van der Waals surface area contributed by atoms with Gasteiger partial charge in [-0.2, -0.15) is 18.2 Å². The lowest BCUT2D eigenvalue weighted by molar-refractivity contribution is -0.141. The topological polar surface area (TPSA) is 59.8 Å². The van der Waals surface area contributed by atoms with Crippen molar-refractivity contribution in [3.63, 3.8) is 0 Å². The van der Waals surface area contributed by atoms with Gasteiger partial charge in [0.05, 0.1) is 11.1 Å². The minimum atomic E-state index is -4.64. The number of hydrogen-bond acceptors (Lipinski definition) is 4. The van der Waals surface area contributed by atoms with Crippen LogP contribution in [-0.4, -0.2) is 21.6 Å². The molecule has 0 aliphatic rings. The zero-order valence-electron chi connectivity index (χ0n) is 12.9. The number of alkyl halides is 3. The Kier molecular flexibility index (Phi) is 3.93. The molecule has 8 heteroatoms. The van der Waals surface area contributed by atoms with Crippen LogP contribution < -0.4 is 11.0 Å². The first kappa shape index (κ1) is 16.5. The molecule has 0 radical (unpaired) electrons. The van der Waals surface area contributed by atoms with Crippen LogP contribution in [-0.2, 0) is 6.18 Å². The van der Waals surface area contributed by atoms with E-state index < -0.39 is 17.6 Å². The third-order valence-electron chi connectivity index (χ3n) is 3.54. The summed E-state index contributed by atoms with van der Waals surface area (Å²) in [4.78, 5) is 19.9. The van der Waals surface area contributed by atoms with Gasteiger partial charge in [-0.15, -0.1) is 6.42 Å². The van der Waals surface area contributed by atoms with Crippen molar-refractivity contribution in [3.8, 4) is 18.0 Å². The Bertz CT molecular complexity index is 1060. The van der Waals surface area contributed by atoms with Crippen LogP contribution in [0.25, 0.3) is 16.7 Å². The van der Waals surface area contributed by atoms with Crippen LogP contribution >= 0.6 is 0 Å². The Labute approximate surface area is 140 Å². The average Bonchev–Trinajstić information content (AvgIpc) is 2.59. The summed E-state index contributed by atoms with van der Waals surface area (Å²) in [6, 6.07) is 8.36. The Balaban J connectivity index is 2.43. The Hall–Kier alpha value is -3.34. The Morgan fingerprint density at radius 3 is 2.60 bits per heavy atom. The van der Waals surface area contributed by atoms with Crippen molar-refractivity contribution >= 4 is 16.9 Å². The van der Waals surface area contributed by atoms with Gasteiger partial charge < -0.3 is 5.32 Å². The quantitative estimate of drug-likeness (QED) is 0.727. The highest BCUT2D eigenvalue weighted by atomic mass is 19.4. The summed E-state index contributed by atoms with van der Waals surface area (Å²) in [5.74, 6) is 2.56. The fourth-order valence-electron chi connectivity index (χ4n) is 2.42. The molecular formula is C17H11F3N4O. The standard InChI is InChI=1S/C17H11F3N4O/c1-3-10-5-4-6-11(9-10)24-15-12(14(21-2)23-16(24)25)7-8-13(22-15)17(18,19)20/h1,4-9H,2H3,(H,21,23,25). The van der Waals surface area contributed by atoms with Crippen molar-refractivity contribution in [3.05, 3.63) is 58.1 Å². The lowest BCUT2D eigenvalue weighted by atomic mass is 10.2. The highest BCUT2D eigenvalue weighted by Crippen LogP contribution is 2.30. The van der Waals surface area contributed by atoms with Gasteiger partial charge in [-0.05, 0) is 30.3 Å². The molecular weight excluding hydrogens is 333 g/mol. The number of fused-ring (bicyclic) bond motifs is 1. The molecule has 0 atom stereocenters. The van der Waals surface area contributed by atoms with E-state index in [1.807, 2.05) is 0 Å². The summed E-state index contributed by atoms with van der Waals surface area (Å²) in [6.45, 7) is 0. The highest BCUT2D eigenvalue weighted by Gasteiger charge is 2.33. The van der Waals surface area contributed by atoms with Crippen LogP contribution in [0.5, 0.6) is 0 Å². The second kappa shape index (κ2) is 5.94. The van der Waals surface area contributed by atoms with E-state index in [1.54, 1.807) is 18.2 Å². The molecule has 3 aromatic rings. The van der Waals surface area contributed by atoms with E-state index in [4.69, 9.17) is 6.42 Å². The molecule has 0 saturated carbocycles. The minimum Gasteiger partial charge on any atom is -0.372 e. The summed E-state index contributed by atoms with van der Waals surface area (Å²) < 4.78 is 40.1. The predicted octanol–water partition coefficient (Wildman–Crippen LogP) is 2.82. The number of halogens is 3. The average molecular weight is 344 g/mol. The van der Waals surface area contributed by atoms with Gasteiger partial charge in [-0.3, -0.25) is 0 Å². The maximum absolute atomic E-state index is 13.0. The van der Waals surface area contributed by atoms with Crippen molar-refractivity contribution in [1.29, 1.82) is 0 Å². The molecule has 0 fully saturated rings. The smallest absolute Gasteiger partial charge is 0.372 e. The second-order valence-electron chi connectivity index (χ2n) is 5.09. The summed E-state index contributed by atoms with van der Waals surface area (Å²) >= 11 is 0. The first-order valence-electron chi connectivity index (χ1n) is 7.11. The monoisotopic (exact) mass is 344 g/mol. The number of nitrogens with one attached hydrogen (secondary N) is 1.